The molecule has 4 aromatic carbocycles. The van der Waals surface area contributed by atoms with Crippen LogP contribution in [0.1, 0.15) is 78.4 Å². The van der Waals surface area contributed by atoms with Gasteiger partial charge >= 0.3 is 0 Å². The summed E-state index contributed by atoms with van der Waals surface area (Å²) in [6.07, 6.45) is 2.25. The van der Waals surface area contributed by atoms with Gasteiger partial charge in [0.25, 0.3) is 16.1 Å². The van der Waals surface area contributed by atoms with Gasteiger partial charge in [0, 0.05) is 5.41 Å². The highest BCUT2D eigenvalue weighted by Crippen LogP contribution is 2.48. The van der Waals surface area contributed by atoms with E-state index in [2.05, 4.69) is 13.8 Å². The molecule has 0 N–H and O–H groups in total. The highest BCUT2D eigenvalue weighted by molar-refractivity contribution is 7.41. The molecule has 0 heterocycles. The number of rotatable bonds is 16. The van der Waals surface area contributed by atoms with Crippen molar-refractivity contribution < 1.29 is 27.7 Å². The Morgan fingerprint density at radius 3 is 1.07 bits per heavy atom. The van der Waals surface area contributed by atoms with Gasteiger partial charge in [-0.2, -0.15) is 0 Å². The van der Waals surface area contributed by atoms with E-state index in [-0.39, 0.29) is 5.41 Å². The smallest absolute Gasteiger partial charge is 0.278 e. The topological polar surface area (TPSA) is 71.1 Å². The lowest BCUT2D eigenvalue weighted by Gasteiger charge is -2.32. The fraction of sp³-hybridized carbons (Fsp3) is 0.351. The standard InChI is InChI=1S/C37H46O6P2/c1-7-36(8-2,40-31-17-13-11-14-18-31)44(38)42-33-25-21-29(22-26-33)35(5,6)30-23-27-34(28-24-30)43-45(39)37(9-3,10-4)41-32-19-15-12-16-20-32/h11-28,44-45H,7-10H2,1-6H3. The molecule has 0 spiro atoms. The van der Waals surface area contributed by atoms with E-state index in [0.29, 0.717) is 48.7 Å². The molecule has 0 fully saturated rings. The molecule has 6 nitrogen and oxygen atoms in total. The van der Waals surface area contributed by atoms with E-state index in [1.807, 2.05) is 137 Å². The van der Waals surface area contributed by atoms with E-state index >= 15 is 0 Å². The Balaban J connectivity index is 1.44. The molecular weight excluding hydrogens is 602 g/mol. The summed E-state index contributed by atoms with van der Waals surface area (Å²) in [4.78, 5) is 0. The number of ether oxygens (including phenoxy) is 2. The lowest BCUT2D eigenvalue weighted by molar-refractivity contribution is 0.135. The van der Waals surface area contributed by atoms with Gasteiger partial charge in [-0.15, -0.1) is 0 Å². The Kier molecular flexibility index (Phi) is 11.6. The molecule has 0 saturated heterocycles. The average molecular weight is 649 g/mol. The van der Waals surface area contributed by atoms with E-state index in [9.17, 15) is 9.13 Å². The van der Waals surface area contributed by atoms with Crippen molar-refractivity contribution in [3.63, 3.8) is 0 Å². The van der Waals surface area contributed by atoms with Gasteiger partial charge < -0.3 is 18.5 Å². The van der Waals surface area contributed by atoms with Crippen molar-refractivity contribution in [3.8, 4) is 23.0 Å². The molecule has 0 aliphatic heterocycles. The van der Waals surface area contributed by atoms with Crippen LogP contribution in [0.5, 0.6) is 23.0 Å². The van der Waals surface area contributed by atoms with Crippen molar-refractivity contribution in [1.82, 2.24) is 0 Å². The van der Waals surface area contributed by atoms with Crippen molar-refractivity contribution in [2.75, 3.05) is 0 Å². The summed E-state index contributed by atoms with van der Waals surface area (Å²) >= 11 is 0. The first-order valence-corrected chi connectivity index (χ1v) is 18.4. The zero-order valence-electron chi connectivity index (χ0n) is 27.2. The second-order valence-corrected chi connectivity index (χ2v) is 15.1. The van der Waals surface area contributed by atoms with Crippen molar-refractivity contribution in [2.45, 2.75) is 83.3 Å². The quantitative estimate of drug-likeness (QED) is 0.113. The molecule has 240 valence electrons. The first-order chi connectivity index (χ1) is 21.6. The van der Waals surface area contributed by atoms with Crippen LogP contribution < -0.4 is 18.5 Å². The monoisotopic (exact) mass is 648 g/mol. The van der Waals surface area contributed by atoms with Crippen LogP contribution >= 0.6 is 16.1 Å². The molecule has 2 unspecified atom stereocenters. The molecule has 0 amide bonds. The second kappa shape index (κ2) is 15.2. The van der Waals surface area contributed by atoms with Crippen LogP contribution in [0.25, 0.3) is 0 Å². The highest BCUT2D eigenvalue weighted by atomic mass is 31.1. The van der Waals surface area contributed by atoms with E-state index in [0.717, 1.165) is 11.1 Å². The minimum atomic E-state index is -2.60. The summed E-state index contributed by atoms with van der Waals surface area (Å²) in [5.74, 6) is 2.45. The summed E-state index contributed by atoms with van der Waals surface area (Å²) in [6, 6.07) is 34.4. The summed E-state index contributed by atoms with van der Waals surface area (Å²) in [5.41, 5.74) is 1.80. The zero-order chi connectivity index (χ0) is 32.5. The largest absolute Gasteiger partial charge is 0.476 e. The van der Waals surface area contributed by atoms with E-state index in [1.54, 1.807) is 0 Å². The minimum absolute atomic E-state index is 0.340. The molecule has 45 heavy (non-hydrogen) atoms. The molecule has 4 rings (SSSR count). The minimum Gasteiger partial charge on any atom is -0.476 e. The summed E-state index contributed by atoms with van der Waals surface area (Å²) in [5, 5.41) is -1.78. The molecule has 0 aliphatic carbocycles. The van der Waals surface area contributed by atoms with Crippen LogP contribution in [-0.4, -0.2) is 10.7 Å². The predicted molar refractivity (Wildman–Crippen MR) is 185 cm³/mol. The molecule has 0 saturated carbocycles. The van der Waals surface area contributed by atoms with Gasteiger partial charge in [-0.25, -0.2) is 0 Å². The van der Waals surface area contributed by atoms with Crippen molar-refractivity contribution in [3.05, 3.63) is 120 Å². The lowest BCUT2D eigenvalue weighted by Crippen LogP contribution is -2.31. The van der Waals surface area contributed by atoms with Gasteiger partial charge in [0.15, 0.2) is 10.7 Å². The molecule has 0 bridgehead atoms. The van der Waals surface area contributed by atoms with E-state index in [1.165, 1.54) is 0 Å². The normalized spacial score (nSPS) is 13.5. The summed E-state index contributed by atoms with van der Waals surface area (Å²) in [7, 11) is -5.21. The Labute approximate surface area is 269 Å². The zero-order valence-corrected chi connectivity index (χ0v) is 29.2. The first-order valence-electron chi connectivity index (χ1n) is 15.7. The molecule has 0 aromatic heterocycles. The van der Waals surface area contributed by atoms with E-state index in [4.69, 9.17) is 18.5 Å². The number of benzene rings is 4. The van der Waals surface area contributed by atoms with Gasteiger partial charge in [-0.3, -0.25) is 9.13 Å². The third-order valence-corrected chi connectivity index (χ3v) is 12.7. The molecule has 2 atom stereocenters. The maximum absolute atomic E-state index is 13.5. The van der Waals surface area contributed by atoms with Gasteiger partial charge in [0.05, 0.1) is 0 Å². The van der Waals surface area contributed by atoms with Crippen molar-refractivity contribution >= 4 is 16.1 Å². The average Bonchev–Trinajstić information content (AvgIpc) is 3.07. The van der Waals surface area contributed by atoms with Crippen LogP contribution in [0.3, 0.4) is 0 Å². The van der Waals surface area contributed by atoms with Gasteiger partial charge in [-0.1, -0.05) is 102 Å². The fourth-order valence-corrected chi connectivity index (χ4v) is 7.95. The Bertz CT molecular complexity index is 1410. The first kappa shape index (κ1) is 34.4. The molecule has 0 radical (unpaired) electrons. The summed E-state index contributed by atoms with van der Waals surface area (Å²) in [6.45, 7) is 12.2. The molecule has 4 aromatic rings. The molecular formula is C37H46O6P2. The van der Waals surface area contributed by atoms with Crippen LogP contribution in [-0.2, 0) is 14.5 Å². The SMILES string of the molecule is CCC(CC)(Oc1ccccc1)[PH](=O)Oc1ccc(C(C)(C)c2ccc(O[PH](=O)C(CC)(CC)Oc3ccccc3)cc2)cc1. The third-order valence-electron chi connectivity index (χ3n) is 8.71. The molecule has 0 aliphatic rings. The maximum atomic E-state index is 13.5. The van der Waals surface area contributed by atoms with Crippen LogP contribution in [0, 0.1) is 0 Å². The Morgan fingerprint density at radius 1 is 0.467 bits per heavy atom. The number of hydrogen-bond donors (Lipinski definition) is 0. The lowest BCUT2D eigenvalue weighted by atomic mass is 9.78. The summed E-state index contributed by atoms with van der Waals surface area (Å²) < 4.78 is 51.5. The van der Waals surface area contributed by atoms with Gasteiger partial charge in [0.2, 0.25) is 0 Å². The van der Waals surface area contributed by atoms with Crippen LogP contribution in [0.4, 0.5) is 0 Å². The molecule has 8 heteroatoms. The van der Waals surface area contributed by atoms with Gasteiger partial charge in [-0.05, 0) is 85.3 Å². The maximum Gasteiger partial charge on any atom is 0.278 e. The van der Waals surface area contributed by atoms with Gasteiger partial charge in [0.1, 0.15) is 23.0 Å². The Hall–Kier alpha value is -3.46. The van der Waals surface area contributed by atoms with Crippen LogP contribution in [0.15, 0.2) is 109 Å². The fourth-order valence-electron chi connectivity index (χ4n) is 5.32. The number of hydrogen-bond acceptors (Lipinski definition) is 6. The predicted octanol–water partition coefficient (Wildman–Crippen LogP) is 10.9. The second-order valence-electron chi connectivity index (χ2n) is 11.7. The Morgan fingerprint density at radius 2 is 0.778 bits per heavy atom. The highest BCUT2D eigenvalue weighted by Gasteiger charge is 2.39. The van der Waals surface area contributed by atoms with Crippen molar-refractivity contribution in [2.24, 2.45) is 0 Å². The van der Waals surface area contributed by atoms with Crippen LogP contribution in [0.2, 0.25) is 0 Å². The number of para-hydroxylation sites is 2. The van der Waals surface area contributed by atoms with E-state index < -0.39 is 26.7 Å². The van der Waals surface area contributed by atoms with Crippen molar-refractivity contribution in [1.29, 1.82) is 0 Å². The third kappa shape index (κ3) is 8.04.